The topological polar surface area (TPSA) is 44.6 Å². The SMILES string of the molecule is Cc1cccnc1/C=C/c1nc2ccc(N=Cc3ccc4c(c3)CN3CN4Cc4cc(Br)ccc43)cc2s1. The van der Waals surface area contributed by atoms with Gasteiger partial charge in [0.1, 0.15) is 5.01 Å². The van der Waals surface area contributed by atoms with Crippen molar-refractivity contribution in [2.75, 3.05) is 16.5 Å². The number of halogens is 1. The first-order valence-corrected chi connectivity index (χ1v) is 14.2. The summed E-state index contributed by atoms with van der Waals surface area (Å²) < 4.78 is 2.26. The van der Waals surface area contributed by atoms with Gasteiger partial charge in [-0.3, -0.25) is 9.98 Å². The third-order valence-electron chi connectivity index (χ3n) is 7.08. The Morgan fingerprint density at radius 1 is 0.921 bits per heavy atom. The van der Waals surface area contributed by atoms with Crippen molar-refractivity contribution in [1.82, 2.24) is 9.97 Å². The summed E-state index contributed by atoms with van der Waals surface area (Å²) in [6.07, 6.45) is 7.85. The van der Waals surface area contributed by atoms with Gasteiger partial charge < -0.3 is 9.80 Å². The zero-order valence-electron chi connectivity index (χ0n) is 20.8. The molecule has 38 heavy (non-hydrogen) atoms. The van der Waals surface area contributed by atoms with Crippen LogP contribution in [-0.2, 0) is 13.1 Å². The summed E-state index contributed by atoms with van der Waals surface area (Å²) in [5, 5.41) is 0.963. The Morgan fingerprint density at radius 2 is 1.74 bits per heavy atom. The van der Waals surface area contributed by atoms with Crippen LogP contribution in [-0.4, -0.2) is 22.9 Å². The van der Waals surface area contributed by atoms with Crippen LogP contribution in [0.25, 0.3) is 22.4 Å². The summed E-state index contributed by atoms with van der Waals surface area (Å²) in [5.41, 5.74) is 10.5. The van der Waals surface area contributed by atoms with E-state index in [1.807, 2.05) is 42.8 Å². The number of benzene rings is 3. The second-order valence-electron chi connectivity index (χ2n) is 9.70. The number of hydrogen-bond acceptors (Lipinski definition) is 6. The van der Waals surface area contributed by atoms with Crippen LogP contribution < -0.4 is 9.80 Å². The maximum absolute atomic E-state index is 4.80. The van der Waals surface area contributed by atoms with Crippen molar-refractivity contribution in [3.63, 3.8) is 0 Å². The molecule has 5 nitrogen and oxygen atoms in total. The molecule has 0 aliphatic carbocycles. The fourth-order valence-electron chi connectivity index (χ4n) is 5.20. The second kappa shape index (κ2) is 9.49. The fourth-order valence-corrected chi connectivity index (χ4v) is 6.52. The lowest BCUT2D eigenvalue weighted by Crippen LogP contribution is -2.46. The lowest BCUT2D eigenvalue weighted by molar-refractivity contribution is 0.650. The largest absolute Gasteiger partial charge is 0.349 e. The molecule has 0 fully saturated rings. The number of anilines is 2. The molecule has 2 aromatic heterocycles. The number of thiazole rings is 1. The number of aliphatic imine (C=N–C) groups is 1. The van der Waals surface area contributed by atoms with Crippen molar-refractivity contribution >= 4 is 72.9 Å². The minimum absolute atomic E-state index is 0.906. The lowest BCUT2D eigenvalue weighted by atomic mass is 10.0. The molecule has 0 spiro atoms. The van der Waals surface area contributed by atoms with E-state index in [0.717, 1.165) is 62.0 Å². The quantitative estimate of drug-likeness (QED) is 0.203. The molecule has 2 aliphatic rings. The molecule has 2 aliphatic heterocycles. The summed E-state index contributed by atoms with van der Waals surface area (Å²) in [4.78, 5) is 18.9. The molecule has 3 aromatic carbocycles. The summed E-state index contributed by atoms with van der Waals surface area (Å²) in [5.74, 6) is 0. The van der Waals surface area contributed by atoms with Crippen LogP contribution in [0.2, 0.25) is 0 Å². The van der Waals surface area contributed by atoms with Gasteiger partial charge in [0.05, 0.1) is 28.3 Å². The predicted molar refractivity (Wildman–Crippen MR) is 163 cm³/mol. The standard InChI is InChI=1S/C31H24BrN5S/c1-20-3-2-12-33-26(20)8-11-31-35-27-7-6-25(15-30(27)38-31)34-16-21-4-9-28-22(13-21)17-36-19-37(28)18-23-14-24(32)5-10-29(23)36/h2-16H,17-19H2,1H3/b11-8+,34-16?. The van der Waals surface area contributed by atoms with Crippen molar-refractivity contribution < 1.29 is 0 Å². The Bertz CT molecular complexity index is 1760. The van der Waals surface area contributed by atoms with Gasteiger partial charge in [-0.15, -0.1) is 11.3 Å². The third kappa shape index (κ3) is 4.42. The monoisotopic (exact) mass is 577 g/mol. The summed E-state index contributed by atoms with van der Waals surface area (Å²) in [7, 11) is 0. The molecule has 0 saturated carbocycles. The van der Waals surface area contributed by atoms with Gasteiger partial charge in [-0.1, -0.05) is 28.1 Å². The van der Waals surface area contributed by atoms with Crippen LogP contribution in [0.4, 0.5) is 17.1 Å². The van der Waals surface area contributed by atoms with Crippen molar-refractivity contribution in [2.45, 2.75) is 20.0 Å². The molecule has 2 bridgehead atoms. The molecule has 7 heteroatoms. The molecular formula is C31H24BrN5S. The van der Waals surface area contributed by atoms with Crippen molar-refractivity contribution in [2.24, 2.45) is 4.99 Å². The van der Waals surface area contributed by atoms with Crippen LogP contribution >= 0.6 is 27.3 Å². The smallest absolute Gasteiger partial charge is 0.117 e. The molecular weight excluding hydrogens is 554 g/mol. The average molecular weight is 579 g/mol. The van der Waals surface area contributed by atoms with Gasteiger partial charge in [0.2, 0.25) is 0 Å². The van der Waals surface area contributed by atoms with Crippen LogP contribution in [0.1, 0.15) is 33.0 Å². The maximum Gasteiger partial charge on any atom is 0.117 e. The first-order valence-electron chi connectivity index (χ1n) is 12.5. The summed E-state index contributed by atoms with van der Waals surface area (Å²) in [6.45, 7) is 4.84. The number of aryl methyl sites for hydroxylation is 1. The van der Waals surface area contributed by atoms with Gasteiger partial charge >= 0.3 is 0 Å². The predicted octanol–water partition coefficient (Wildman–Crippen LogP) is 7.98. The van der Waals surface area contributed by atoms with Gasteiger partial charge in [0, 0.05) is 41.3 Å². The number of rotatable bonds is 4. The van der Waals surface area contributed by atoms with E-state index in [0.29, 0.717) is 0 Å². The second-order valence-corrected chi connectivity index (χ2v) is 11.7. The van der Waals surface area contributed by atoms with Crippen LogP contribution in [0.5, 0.6) is 0 Å². The van der Waals surface area contributed by atoms with E-state index in [1.54, 1.807) is 11.3 Å². The fraction of sp³-hybridized carbons (Fsp3) is 0.129. The molecule has 186 valence electrons. The van der Waals surface area contributed by atoms with Gasteiger partial charge in [0.25, 0.3) is 0 Å². The van der Waals surface area contributed by atoms with Crippen LogP contribution in [0.15, 0.2) is 82.4 Å². The zero-order valence-corrected chi connectivity index (χ0v) is 23.2. The van der Waals surface area contributed by atoms with E-state index in [1.165, 1.54) is 22.5 Å². The van der Waals surface area contributed by atoms with E-state index >= 15 is 0 Å². The molecule has 7 rings (SSSR count). The minimum Gasteiger partial charge on any atom is -0.349 e. The molecule has 5 aromatic rings. The first-order chi connectivity index (χ1) is 18.6. The number of fused-ring (bicyclic) bond motifs is 7. The number of hydrogen-bond donors (Lipinski definition) is 0. The normalized spacial score (nSPS) is 14.5. The Labute approximate surface area is 233 Å². The minimum atomic E-state index is 0.906. The van der Waals surface area contributed by atoms with E-state index in [4.69, 9.17) is 9.98 Å². The van der Waals surface area contributed by atoms with E-state index in [2.05, 4.69) is 86.2 Å². The van der Waals surface area contributed by atoms with Crippen LogP contribution in [0.3, 0.4) is 0 Å². The zero-order chi connectivity index (χ0) is 25.6. The Hall–Kier alpha value is -3.81. The van der Waals surface area contributed by atoms with Gasteiger partial charge in [-0.05, 0) is 95.9 Å². The average Bonchev–Trinajstić information content (AvgIpc) is 3.33. The Balaban J connectivity index is 1.11. The molecule has 0 saturated heterocycles. The van der Waals surface area contributed by atoms with E-state index < -0.39 is 0 Å². The number of pyridine rings is 1. The van der Waals surface area contributed by atoms with E-state index in [9.17, 15) is 0 Å². The van der Waals surface area contributed by atoms with Crippen molar-refractivity contribution in [1.29, 1.82) is 0 Å². The van der Waals surface area contributed by atoms with Crippen molar-refractivity contribution in [3.8, 4) is 0 Å². The highest BCUT2D eigenvalue weighted by Gasteiger charge is 2.29. The molecule has 0 amide bonds. The van der Waals surface area contributed by atoms with E-state index in [-0.39, 0.29) is 0 Å². The molecule has 0 atom stereocenters. The maximum atomic E-state index is 4.80. The Morgan fingerprint density at radius 3 is 2.58 bits per heavy atom. The molecule has 4 heterocycles. The summed E-state index contributed by atoms with van der Waals surface area (Å²) in [6, 6.07) is 23.5. The lowest BCUT2D eigenvalue weighted by Gasteiger charge is -2.44. The third-order valence-corrected chi connectivity index (χ3v) is 8.55. The van der Waals surface area contributed by atoms with Crippen molar-refractivity contribution in [3.05, 3.63) is 110 Å². The first kappa shape index (κ1) is 23.3. The highest BCUT2D eigenvalue weighted by atomic mass is 79.9. The highest BCUT2D eigenvalue weighted by molar-refractivity contribution is 9.10. The Kier molecular flexibility index (Phi) is 5.82. The molecule has 0 unspecified atom stereocenters. The molecule has 0 N–H and O–H groups in total. The number of nitrogens with zero attached hydrogens (tertiary/aromatic N) is 5. The van der Waals surface area contributed by atoms with Gasteiger partial charge in [0.15, 0.2) is 0 Å². The highest BCUT2D eigenvalue weighted by Crippen LogP contribution is 2.39. The number of aromatic nitrogens is 2. The van der Waals surface area contributed by atoms with Gasteiger partial charge in [-0.25, -0.2) is 4.98 Å². The van der Waals surface area contributed by atoms with Crippen LogP contribution in [0, 0.1) is 6.92 Å². The summed E-state index contributed by atoms with van der Waals surface area (Å²) >= 11 is 5.29. The molecule has 0 radical (unpaired) electrons. The van der Waals surface area contributed by atoms with Gasteiger partial charge in [-0.2, -0.15) is 0 Å².